The van der Waals surface area contributed by atoms with Gasteiger partial charge in [0, 0.05) is 13.7 Å². The van der Waals surface area contributed by atoms with Crippen LogP contribution in [0.3, 0.4) is 0 Å². The number of nitrogens with zero attached hydrogens (tertiary/aromatic N) is 2. The average molecular weight is 357 g/mol. The van der Waals surface area contributed by atoms with E-state index in [1.807, 2.05) is 18.2 Å². The Labute approximate surface area is 152 Å². The number of aromatic nitrogens is 2. The molecule has 0 aliphatic heterocycles. The number of nitrogens with one attached hydrogen (secondary N) is 1. The largest absolute Gasteiger partial charge is 0.492 e. The van der Waals surface area contributed by atoms with E-state index >= 15 is 0 Å². The summed E-state index contributed by atoms with van der Waals surface area (Å²) in [5.74, 6) is 1.38. The fourth-order valence-corrected chi connectivity index (χ4v) is 2.84. The van der Waals surface area contributed by atoms with E-state index in [4.69, 9.17) is 14.5 Å². The first-order valence-corrected chi connectivity index (χ1v) is 8.80. The number of methoxy groups -OCH3 is 1. The summed E-state index contributed by atoms with van der Waals surface area (Å²) >= 11 is 0. The van der Waals surface area contributed by atoms with E-state index in [1.165, 1.54) is 12.1 Å². The topological polar surface area (TPSA) is 48.3 Å². The van der Waals surface area contributed by atoms with Crippen LogP contribution >= 0.6 is 0 Å². The van der Waals surface area contributed by atoms with Crippen LogP contribution in [0.2, 0.25) is 0 Å². The molecule has 26 heavy (non-hydrogen) atoms. The monoisotopic (exact) mass is 357 g/mol. The highest BCUT2D eigenvalue weighted by molar-refractivity contribution is 5.75. The Morgan fingerprint density at radius 2 is 1.88 bits per heavy atom. The Balaban J connectivity index is 1.64. The predicted molar refractivity (Wildman–Crippen MR) is 99.8 cm³/mol. The van der Waals surface area contributed by atoms with Crippen molar-refractivity contribution in [3.05, 3.63) is 60.2 Å². The molecule has 0 saturated heterocycles. The molecule has 0 aliphatic rings. The van der Waals surface area contributed by atoms with Gasteiger partial charge in [-0.2, -0.15) is 0 Å². The minimum absolute atomic E-state index is 0.264. The van der Waals surface area contributed by atoms with Crippen molar-refractivity contribution >= 4 is 11.0 Å². The molecular formula is C20H24FN3O2. The molecule has 0 fully saturated rings. The van der Waals surface area contributed by atoms with Crippen LogP contribution in [0.1, 0.15) is 12.2 Å². The van der Waals surface area contributed by atoms with Crippen molar-refractivity contribution in [2.75, 3.05) is 26.9 Å². The summed E-state index contributed by atoms with van der Waals surface area (Å²) in [7, 11) is 1.71. The van der Waals surface area contributed by atoms with Gasteiger partial charge in [0.25, 0.3) is 0 Å². The van der Waals surface area contributed by atoms with Gasteiger partial charge in [-0.25, -0.2) is 9.37 Å². The van der Waals surface area contributed by atoms with Crippen LogP contribution in [0.15, 0.2) is 48.5 Å². The van der Waals surface area contributed by atoms with Gasteiger partial charge in [0.15, 0.2) is 0 Å². The lowest BCUT2D eigenvalue weighted by Gasteiger charge is -2.11. The SMILES string of the molecule is COCCCNCc1nc2ccccc2n1CCOc1ccc(F)cc1. The van der Waals surface area contributed by atoms with Gasteiger partial charge >= 0.3 is 0 Å². The first kappa shape index (κ1) is 18.4. The van der Waals surface area contributed by atoms with Gasteiger partial charge < -0.3 is 19.4 Å². The third-order valence-corrected chi connectivity index (χ3v) is 4.12. The fraction of sp³-hybridized carbons (Fsp3) is 0.350. The molecule has 6 heteroatoms. The Hall–Kier alpha value is -2.44. The number of fused-ring (bicyclic) bond motifs is 1. The summed E-state index contributed by atoms with van der Waals surface area (Å²) in [4.78, 5) is 4.73. The highest BCUT2D eigenvalue weighted by Gasteiger charge is 2.10. The number of ether oxygens (including phenoxy) is 2. The standard InChI is InChI=1S/C20H24FN3O2/c1-25-13-4-11-22-15-20-23-18-5-2-3-6-19(18)24(20)12-14-26-17-9-7-16(21)8-10-17/h2-3,5-10,22H,4,11-15H2,1H3. The van der Waals surface area contributed by atoms with Gasteiger partial charge in [-0.1, -0.05) is 12.1 Å². The van der Waals surface area contributed by atoms with E-state index in [-0.39, 0.29) is 5.82 Å². The van der Waals surface area contributed by atoms with Gasteiger partial charge in [0.05, 0.1) is 24.1 Å². The van der Waals surface area contributed by atoms with Gasteiger partial charge in [0.2, 0.25) is 0 Å². The number of imidazole rings is 1. The van der Waals surface area contributed by atoms with Gasteiger partial charge in [0.1, 0.15) is 24.0 Å². The number of para-hydroxylation sites is 2. The molecule has 3 aromatic rings. The molecule has 0 bridgehead atoms. The van der Waals surface area contributed by atoms with E-state index in [9.17, 15) is 4.39 Å². The lowest BCUT2D eigenvalue weighted by Crippen LogP contribution is -2.20. The summed E-state index contributed by atoms with van der Waals surface area (Å²) in [5.41, 5.74) is 2.06. The van der Waals surface area contributed by atoms with Crippen LogP contribution in [-0.2, 0) is 17.8 Å². The summed E-state index contributed by atoms with van der Waals surface area (Å²) in [5, 5.41) is 3.41. The van der Waals surface area contributed by atoms with Crippen molar-refractivity contribution in [1.29, 1.82) is 0 Å². The zero-order valence-electron chi connectivity index (χ0n) is 15.0. The van der Waals surface area contributed by atoms with Gasteiger partial charge in [-0.3, -0.25) is 0 Å². The van der Waals surface area contributed by atoms with Crippen LogP contribution in [0, 0.1) is 5.82 Å². The van der Waals surface area contributed by atoms with Crippen molar-refractivity contribution < 1.29 is 13.9 Å². The number of rotatable bonds is 10. The minimum atomic E-state index is -0.264. The number of benzene rings is 2. The highest BCUT2D eigenvalue weighted by atomic mass is 19.1. The Bertz CT molecular complexity index is 818. The van der Waals surface area contributed by atoms with Crippen molar-refractivity contribution in [2.45, 2.75) is 19.5 Å². The Kier molecular flexibility index (Phi) is 6.57. The quantitative estimate of drug-likeness (QED) is 0.565. The molecule has 2 aromatic carbocycles. The van der Waals surface area contributed by atoms with Crippen molar-refractivity contribution in [3.63, 3.8) is 0 Å². The first-order valence-electron chi connectivity index (χ1n) is 8.80. The zero-order valence-corrected chi connectivity index (χ0v) is 15.0. The van der Waals surface area contributed by atoms with E-state index < -0.39 is 0 Å². The summed E-state index contributed by atoms with van der Waals surface area (Å²) in [6.45, 7) is 3.47. The lowest BCUT2D eigenvalue weighted by atomic mass is 10.3. The molecule has 1 aromatic heterocycles. The average Bonchev–Trinajstić information content (AvgIpc) is 3.01. The normalized spacial score (nSPS) is 11.2. The smallest absolute Gasteiger partial charge is 0.124 e. The minimum Gasteiger partial charge on any atom is -0.492 e. The molecule has 1 heterocycles. The summed E-state index contributed by atoms with van der Waals surface area (Å²) < 4.78 is 26.0. The number of hydrogen-bond acceptors (Lipinski definition) is 4. The molecule has 0 atom stereocenters. The lowest BCUT2D eigenvalue weighted by molar-refractivity contribution is 0.194. The molecule has 0 saturated carbocycles. The van der Waals surface area contributed by atoms with E-state index in [0.29, 0.717) is 25.4 Å². The maximum absolute atomic E-state index is 13.0. The molecule has 3 rings (SSSR count). The molecule has 0 spiro atoms. The Morgan fingerprint density at radius 1 is 1.08 bits per heavy atom. The Morgan fingerprint density at radius 3 is 2.69 bits per heavy atom. The van der Waals surface area contributed by atoms with Crippen LogP contribution in [0.5, 0.6) is 5.75 Å². The molecule has 0 radical (unpaired) electrons. The van der Waals surface area contributed by atoms with Crippen molar-refractivity contribution in [3.8, 4) is 5.75 Å². The molecule has 0 amide bonds. The zero-order chi connectivity index (χ0) is 18.2. The highest BCUT2D eigenvalue weighted by Crippen LogP contribution is 2.17. The third-order valence-electron chi connectivity index (χ3n) is 4.12. The molecule has 138 valence electrons. The number of hydrogen-bond donors (Lipinski definition) is 1. The van der Waals surface area contributed by atoms with Crippen LogP contribution in [0.25, 0.3) is 11.0 Å². The second-order valence-electron chi connectivity index (χ2n) is 5.99. The van der Waals surface area contributed by atoms with Crippen molar-refractivity contribution in [1.82, 2.24) is 14.9 Å². The van der Waals surface area contributed by atoms with Crippen LogP contribution in [0.4, 0.5) is 4.39 Å². The second kappa shape index (κ2) is 9.31. The molecule has 5 nitrogen and oxygen atoms in total. The van der Waals surface area contributed by atoms with E-state index in [2.05, 4.69) is 16.0 Å². The van der Waals surface area contributed by atoms with Crippen LogP contribution in [-0.4, -0.2) is 36.4 Å². The predicted octanol–water partition coefficient (Wildman–Crippen LogP) is 3.38. The number of halogens is 1. The fourth-order valence-electron chi connectivity index (χ4n) is 2.84. The van der Waals surface area contributed by atoms with E-state index in [1.54, 1.807) is 19.2 Å². The molecular weight excluding hydrogens is 333 g/mol. The summed E-state index contributed by atoms with van der Waals surface area (Å²) in [6, 6.07) is 14.2. The molecule has 0 unspecified atom stereocenters. The first-order chi connectivity index (χ1) is 12.8. The van der Waals surface area contributed by atoms with Gasteiger partial charge in [-0.05, 0) is 49.4 Å². The third kappa shape index (κ3) is 4.80. The molecule has 0 aliphatic carbocycles. The van der Waals surface area contributed by atoms with E-state index in [0.717, 1.165) is 36.4 Å². The summed E-state index contributed by atoms with van der Waals surface area (Å²) in [6.07, 6.45) is 0.963. The van der Waals surface area contributed by atoms with Gasteiger partial charge in [-0.15, -0.1) is 0 Å². The maximum atomic E-state index is 13.0. The van der Waals surface area contributed by atoms with Crippen LogP contribution < -0.4 is 10.1 Å². The second-order valence-corrected chi connectivity index (χ2v) is 5.99. The van der Waals surface area contributed by atoms with Crippen molar-refractivity contribution in [2.24, 2.45) is 0 Å². The maximum Gasteiger partial charge on any atom is 0.124 e. The molecule has 1 N–H and O–H groups in total.